The number of imidazole rings is 1. The number of hydrogen-bond acceptors (Lipinski definition) is 6. The molecule has 1 fully saturated rings. The third-order valence-corrected chi connectivity index (χ3v) is 7.78. The van der Waals surface area contributed by atoms with Crippen LogP contribution in [0.3, 0.4) is 0 Å². The molecule has 1 aromatic heterocycles. The van der Waals surface area contributed by atoms with Gasteiger partial charge in [-0.05, 0) is 66.4 Å². The van der Waals surface area contributed by atoms with Crippen LogP contribution in [0.5, 0.6) is 5.75 Å². The van der Waals surface area contributed by atoms with E-state index in [0.717, 1.165) is 60.1 Å². The summed E-state index contributed by atoms with van der Waals surface area (Å²) in [6, 6.07) is 15.7. The van der Waals surface area contributed by atoms with E-state index in [1.165, 1.54) is 18.2 Å². The molecule has 0 amide bonds. The van der Waals surface area contributed by atoms with E-state index in [9.17, 15) is 18.7 Å². The van der Waals surface area contributed by atoms with Crippen molar-refractivity contribution in [2.24, 2.45) is 0 Å². The number of carboxylic acids is 1. The molecule has 2 aliphatic heterocycles. The minimum Gasteiger partial charge on any atom is -0.486 e. The molecule has 1 atom stereocenters. The van der Waals surface area contributed by atoms with Gasteiger partial charge >= 0.3 is 5.97 Å². The number of aromatic nitrogens is 2. The lowest BCUT2D eigenvalue weighted by Gasteiger charge is -2.29. The largest absolute Gasteiger partial charge is 0.486 e. The molecule has 8 nitrogen and oxygen atoms in total. The van der Waals surface area contributed by atoms with E-state index in [1.807, 2.05) is 6.07 Å². The fraction of sp³-hybridized carbons (Fsp3) is 0.281. The van der Waals surface area contributed by atoms with Gasteiger partial charge in [0.15, 0.2) is 11.6 Å². The number of nitriles is 1. The number of nitrogens with zero attached hydrogens (tertiary/aromatic N) is 4. The Labute approximate surface area is 241 Å². The van der Waals surface area contributed by atoms with Gasteiger partial charge in [0, 0.05) is 25.3 Å². The van der Waals surface area contributed by atoms with Crippen LogP contribution >= 0.6 is 0 Å². The summed E-state index contributed by atoms with van der Waals surface area (Å²) in [5, 5.41) is 18.4. The summed E-state index contributed by atoms with van der Waals surface area (Å²) in [5.41, 5.74) is 4.10. The maximum Gasteiger partial charge on any atom is 0.335 e. The van der Waals surface area contributed by atoms with Gasteiger partial charge in [0.2, 0.25) is 0 Å². The fourth-order valence-electron chi connectivity index (χ4n) is 5.28. The highest BCUT2D eigenvalue weighted by Crippen LogP contribution is 2.30. The summed E-state index contributed by atoms with van der Waals surface area (Å²) in [5.74, 6) is -1.20. The van der Waals surface area contributed by atoms with Gasteiger partial charge in [-0.3, -0.25) is 4.90 Å². The SMILES string of the molecule is N#Cc1ccc(COc2cc(C3=CCN(Cc4nc5ccc(C(=O)O)cc5n4C[C@@H]4CCO4)CC3)ccc2F)c(F)c1. The lowest BCUT2D eigenvalue weighted by atomic mass is 9.99. The van der Waals surface area contributed by atoms with Crippen molar-refractivity contribution >= 4 is 22.6 Å². The number of benzene rings is 3. The van der Waals surface area contributed by atoms with Gasteiger partial charge in [-0.25, -0.2) is 18.6 Å². The van der Waals surface area contributed by atoms with Crippen molar-refractivity contribution in [2.75, 3.05) is 19.7 Å². The van der Waals surface area contributed by atoms with E-state index >= 15 is 0 Å². The second-order valence-electron chi connectivity index (χ2n) is 10.5. The number of carboxylic acid groups (broad SMARTS) is 1. The second kappa shape index (κ2) is 11.7. The summed E-state index contributed by atoms with van der Waals surface area (Å²) in [6.07, 6.45) is 3.88. The monoisotopic (exact) mass is 570 g/mol. The van der Waals surface area contributed by atoms with Gasteiger partial charge in [-0.2, -0.15) is 5.26 Å². The fourth-order valence-corrected chi connectivity index (χ4v) is 5.28. The van der Waals surface area contributed by atoms with Crippen LogP contribution in [0.1, 0.15) is 45.7 Å². The molecule has 0 bridgehead atoms. The molecule has 4 aromatic rings. The van der Waals surface area contributed by atoms with Crippen LogP contribution in [0.4, 0.5) is 8.78 Å². The van der Waals surface area contributed by atoms with Gasteiger partial charge in [0.1, 0.15) is 18.2 Å². The lowest BCUT2D eigenvalue weighted by Crippen LogP contribution is -2.33. The number of ether oxygens (including phenoxy) is 2. The number of halogens is 2. The van der Waals surface area contributed by atoms with E-state index in [2.05, 4.69) is 15.5 Å². The first kappa shape index (κ1) is 27.6. The molecule has 0 saturated carbocycles. The van der Waals surface area contributed by atoms with Gasteiger partial charge in [-0.1, -0.05) is 18.2 Å². The number of carbonyl (C=O) groups is 1. The molecule has 0 radical (unpaired) electrons. The minimum absolute atomic E-state index is 0.0345. The molecular formula is C32H28F2N4O4. The van der Waals surface area contributed by atoms with Crippen LogP contribution in [0, 0.1) is 23.0 Å². The third kappa shape index (κ3) is 5.75. The summed E-state index contributed by atoms with van der Waals surface area (Å²) in [6.45, 7) is 3.18. The summed E-state index contributed by atoms with van der Waals surface area (Å²) >= 11 is 0. The average Bonchev–Trinajstić information content (AvgIpc) is 3.31. The molecule has 0 spiro atoms. The third-order valence-electron chi connectivity index (χ3n) is 7.78. The van der Waals surface area contributed by atoms with Crippen LogP contribution in [-0.4, -0.2) is 51.3 Å². The highest BCUT2D eigenvalue weighted by atomic mass is 19.1. The summed E-state index contributed by atoms with van der Waals surface area (Å²) in [4.78, 5) is 18.7. The van der Waals surface area contributed by atoms with Crippen LogP contribution in [0.2, 0.25) is 0 Å². The Hall–Kier alpha value is -4.59. The van der Waals surface area contributed by atoms with Crippen molar-refractivity contribution in [3.63, 3.8) is 0 Å². The maximum atomic E-state index is 14.5. The van der Waals surface area contributed by atoms with Crippen molar-refractivity contribution < 1.29 is 28.2 Å². The molecule has 0 unspecified atom stereocenters. The molecule has 42 heavy (non-hydrogen) atoms. The van der Waals surface area contributed by atoms with E-state index < -0.39 is 17.6 Å². The molecule has 3 heterocycles. The van der Waals surface area contributed by atoms with Crippen LogP contribution in [0.25, 0.3) is 16.6 Å². The van der Waals surface area contributed by atoms with Gasteiger partial charge in [0.05, 0.1) is 47.4 Å². The van der Waals surface area contributed by atoms with Crippen molar-refractivity contribution in [1.29, 1.82) is 5.26 Å². The topological polar surface area (TPSA) is 101 Å². The Morgan fingerprint density at radius 3 is 2.69 bits per heavy atom. The zero-order valence-electron chi connectivity index (χ0n) is 22.7. The van der Waals surface area contributed by atoms with E-state index in [0.29, 0.717) is 19.6 Å². The molecule has 2 aliphatic rings. The zero-order chi connectivity index (χ0) is 29.2. The van der Waals surface area contributed by atoms with Crippen LogP contribution < -0.4 is 4.74 Å². The molecule has 3 aromatic carbocycles. The van der Waals surface area contributed by atoms with Crippen LogP contribution in [0.15, 0.2) is 60.7 Å². The predicted molar refractivity (Wildman–Crippen MR) is 151 cm³/mol. The number of fused-ring (bicyclic) bond motifs is 1. The summed E-state index contributed by atoms with van der Waals surface area (Å²) < 4.78 is 42.1. The normalized spacial score (nSPS) is 17.0. The maximum absolute atomic E-state index is 14.5. The minimum atomic E-state index is -0.976. The smallest absolute Gasteiger partial charge is 0.335 e. The quantitative estimate of drug-likeness (QED) is 0.282. The Morgan fingerprint density at radius 1 is 1.14 bits per heavy atom. The van der Waals surface area contributed by atoms with Crippen LogP contribution in [-0.2, 0) is 24.4 Å². The Balaban J connectivity index is 1.16. The van der Waals surface area contributed by atoms with Gasteiger partial charge < -0.3 is 19.1 Å². The molecule has 0 aliphatic carbocycles. The molecule has 6 rings (SSSR count). The van der Waals surface area contributed by atoms with E-state index in [-0.39, 0.29) is 35.2 Å². The molecular weight excluding hydrogens is 542 g/mol. The second-order valence-corrected chi connectivity index (χ2v) is 10.5. The first-order chi connectivity index (χ1) is 20.4. The van der Waals surface area contributed by atoms with Gasteiger partial charge in [-0.15, -0.1) is 0 Å². The first-order valence-electron chi connectivity index (χ1n) is 13.7. The highest BCUT2D eigenvalue weighted by molar-refractivity contribution is 5.92. The molecule has 1 N–H and O–H groups in total. The van der Waals surface area contributed by atoms with E-state index in [1.54, 1.807) is 30.3 Å². The average molecular weight is 571 g/mol. The molecule has 214 valence electrons. The molecule has 1 saturated heterocycles. The van der Waals surface area contributed by atoms with Crippen molar-refractivity contribution in [2.45, 2.75) is 38.6 Å². The lowest BCUT2D eigenvalue weighted by molar-refractivity contribution is -0.0591. The predicted octanol–water partition coefficient (Wildman–Crippen LogP) is 5.54. The number of rotatable bonds is 9. The highest BCUT2D eigenvalue weighted by Gasteiger charge is 2.24. The van der Waals surface area contributed by atoms with E-state index in [4.69, 9.17) is 19.7 Å². The van der Waals surface area contributed by atoms with Crippen molar-refractivity contribution in [3.05, 3.63) is 100 Å². The first-order valence-corrected chi connectivity index (χ1v) is 13.7. The number of aromatic carboxylic acids is 1. The Bertz CT molecular complexity index is 1740. The van der Waals surface area contributed by atoms with Crippen molar-refractivity contribution in [1.82, 2.24) is 14.5 Å². The Kier molecular flexibility index (Phi) is 7.69. The zero-order valence-corrected chi connectivity index (χ0v) is 22.7. The summed E-state index contributed by atoms with van der Waals surface area (Å²) in [7, 11) is 0. The Morgan fingerprint density at radius 2 is 2.00 bits per heavy atom. The molecule has 10 heteroatoms. The van der Waals surface area contributed by atoms with Crippen molar-refractivity contribution in [3.8, 4) is 11.8 Å². The standard InChI is InChI=1S/C32H28F2N4O4/c33-26-5-3-22(15-30(26)42-19-24-2-1-20(16-35)13-27(24)34)21-7-10-37(11-8-21)18-31-36-28-6-4-23(32(39)40)14-29(28)38(31)17-25-9-12-41-25/h1-7,13-15,25H,8-12,17-19H2,(H,39,40)/t25-/m0/s1. The number of hydrogen-bond donors (Lipinski definition) is 1. The van der Waals surface area contributed by atoms with Gasteiger partial charge in [0.25, 0.3) is 0 Å².